The van der Waals surface area contributed by atoms with Crippen LogP contribution >= 0.6 is 15.9 Å². The Morgan fingerprint density at radius 1 is 1.40 bits per heavy atom. The Labute approximate surface area is 129 Å². The summed E-state index contributed by atoms with van der Waals surface area (Å²) in [5, 5.41) is 2.97. The van der Waals surface area contributed by atoms with Crippen molar-refractivity contribution in [2.75, 3.05) is 11.9 Å². The van der Waals surface area contributed by atoms with Crippen molar-refractivity contribution in [1.82, 2.24) is 4.90 Å². The van der Waals surface area contributed by atoms with E-state index >= 15 is 0 Å². The van der Waals surface area contributed by atoms with E-state index in [1.54, 1.807) is 6.08 Å². The SMILES string of the molecule is C=CCN(C(=O)Nc1cccc(Br)c1)C1CCCCC1. The van der Waals surface area contributed by atoms with Gasteiger partial charge in [0.1, 0.15) is 0 Å². The molecule has 0 aliphatic heterocycles. The first-order valence-corrected chi connectivity index (χ1v) is 7.94. The summed E-state index contributed by atoms with van der Waals surface area (Å²) in [6.07, 6.45) is 7.70. The van der Waals surface area contributed by atoms with Crippen LogP contribution in [0.1, 0.15) is 32.1 Å². The van der Waals surface area contributed by atoms with Crippen molar-refractivity contribution in [1.29, 1.82) is 0 Å². The molecular formula is C16H21BrN2O. The molecule has 108 valence electrons. The van der Waals surface area contributed by atoms with Crippen molar-refractivity contribution in [2.45, 2.75) is 38.1 Å². The molecule has 20 heavy (non-hydrogen) atoms. The molecule has 0 unspecified atom stereocenters. The molecule has 0 atom stereocenters. The van der Waals surface area contributed by atoms with E-state index in [9.17, 15) is 4.79 Å². The van der Waals surface area contributed by atoms with Crippen LogP contribution in [0.25, 0.3) is 0 Å². The van der Waals surface area contributed by atoms with Crippen LogP contribution in [0.3, 0.4) is 0 Å². The van der Waals surface area contributed by atoms with E-state index in [1.807, 2.05) is 29.2 Å². The minimum absolute atomic E-state index is 0.0325. The predicted octanol–water partition coefficient (Wildman–Crippen LogP) is 4.80. The second-order valence-corrected chi connectivity index (χ2v) is 6.09. The summed E-state index contributed by atoms with van der Waals surface area (Å²) in [6, 6.07) is 7.97. The number of urea groups is 1. The number of benzene rings is 1. The number of rotatable bonds is 4. The highest BCUT2D eigenvalue weighted by molar-refractivity contribution is 9.10. The van der Waals surface area contributed by atoms with Gasteiger partial charge in [0.2, 0.25) is 0 Å². The highest BCUT2D eigenvalue weighted by Crippen LogP contribution is 2.24. The molecule has 1 aromatic rings. The van der Waals surface area contributed by atoms with Gasteiger partial charge in [0.15, 0.2) is 0 Å². The van der Waals surface area contributed by atoms with Gasteiger partial charge in [0.25, 0.3) is 0 Å². The standard InChI is InChI=1S/C16H21BrN2O/c1-2-11-19(15-9-4-3-5-10-15)16(20)18-14-8-6-7-13(17)12-14/h2,6-8,12,15H,1,3-5,9-11H2,(H,18,20). The fraction of sp³-hybridized carbons (Fsp3) is 0.438. The van der Waals surface area contributed by atoms with Crippen LogP contribution in [0.4, 0.5) is 10.5 Å². The van der Waals surface area contributed by atoms with E-state index in [0.29, 0.717) is 12.6 Å². The number of nitrogens with one attached hydrogen (secondary N) is 1. The van der Waals surface area contributed by atoms with Gasteiger partial charge >= 0.3 is 6.03 Å². The van der Waals surface area contributed by atoms with Crippen molar-refractivity contribution in [3.8, 4) is 0 Å². The number of halogens is 1. The summed E-state index contributed by atoms with van der Waals surface area (Å²) in [5.74, 6) is 0. The van der Waals surface area contributed by atoms with Gasteiger partial charge in [-0.05, 0) is 31.0 Å². The van der Waals surface area contributed by atoms with Gasteiger partial charge in [0, 0.05) is 22.7 Å². The Bertz CT molecular complexity index is 469. The maximum atomic E-state index is 12.5. The number of carbonyl (C=O) groups is 1. The minimum atomic E-state index is -0.0325. The van der Waals surface area contributed by atoms with Gasteiger partial charge in [-0.15, -0.1) is 6.58 Å². The van der Waals surface area contributed by atoms with Crippen LogP contribution in [-0.4, -0.2) is 23.5 Å². The Balaban J connectivity index is 2.04. The zero-order chi connectivity index (χ0) is 14.4. The first-order chi connectivity index (χ1) is 9.70. The minimum Gasteiger partial charge on any atom is -0.318 e. The fourth-order valence-corrected chi connectivity index (χ4v) is 3.09. The van der Waals surface area contributed by atoms with Crippen molar-refractivity contribution in [3.05, 3.63) is 41.4 Å². The largest absolute Gasteiger partial charge is 0.322 e. The first-order valence-electron chi connectivity index (χ1n) is 7.15. The molecule has 4 heteroatoms. The topological polar surface area (TPSA) is 32.3 Å². The molecule has 0 radical (unpaired) electrons. The molecule has 0 spiro atoms. The number of hydrogen-bond acceptors (Lipinski definition) is 1. The molecule has 3 nitrogen and oxygen atoms in total. The van der Waals surface area contributed by atoms with E-state index in [-0.39, 0.29) is 6.03 Å². The smallest absolute Gasteiger partial charge is 0.318 e. The number of carbonyl (C=O) groups excluding carboxylic acids is 1. The summed E-state index contributed by atoms with van der Waals surface area (Å²) < 4.78 is 0.961. The molecular weight excluding hydrogens is 316 g/mol. The molecule has 1 aliphatic rings. The van der Waals surface area contributed by atoms with Crippen LogP contribution in [0.2, 0.25) is 0 Å². The molecule has 0 bridgehead atoms. The third kappa shape index (κ3) is 4.10. The lowest BCUT2D eigenvalue weighted by molar-refractivity contribution is 0.176. The van der Waals surface area contributed by atoms with Crippen molar-refractivity contribution in [2.24, 2.45) is 0 Å². The second-order valence-electron chi connectivity index (χ2n) is 5.17. The molecule has 1 N–H and O–H groups in total. The fourth-order valence-electron chi connectivity index (χ4n) is 2.69. The van der Waals surface area contributed by atoms with Gasteiger partial charge < -0.3 is 10.2 Å². The number of amides is 2. The number of hydrogen-bond donors (Lipinski definition) is 1. The number of nitrogens with zero attached hydrogens (tertiary/aromatic N) is 1. The molecule has 0 heterocycles. The lowest BCUT2D eigenvalue weighted by Gasteiger charge is -2.33. The van der Waals surface area contributed by atoms with E-state index in [0.717, 1.165) is 23.0 Å². The Morgan fingerprint density at radius 3 is 2.80 bits per heavy atom. The van der Waals surface area contributed by atoms with Crippen molar-refractivity contribution >= 4 is 27.6 Å². The lowest BCUT2D eigenvalue weighted by atomic mass is 9.94. The summed E-state index contributed by atoms with van der Waals surface area (Å²) in [7, 11) is 0. The maximum absolute atomic E-state index is 12.5. The Kier molecular flexibility index (Phi) is 5.65. The zero-order valence-corrected chi connectivity index (χ0v) is 13.2. The summed E-state index contributed by atoms with van der Waals surface area (Å²) in [6.45, 7) is 4.37. The van der Waals surface area contributed by atoms with E-state index in [1.165, 1.54) is 19.3 Å². The van der Waals surface area contributed by atoms with Gasteiger partial charge in [-0.3, -0.25) is 0 Å². The molecule has 0 saturated heterocycles. The molecule has 1 aliphatic carbocycles. The summed E-state index contributed by atoms with van der Waals surface area (Å²) >= 11 is 3.42. The van der Waals surface area contributed by atoms with Gasteiger partial charge in [-0.25, -0.2) is 4.79 Å². The third-order valence-corrected chi connectivity index (χ3v) is 4.17. The lowest BCUT2D eigenvalue weighted by Crippen LogP contribution is -2.43. The molecule has 1 saturated carbocycles. The summed E-state index contributed by atoms with van der Waals surface area (Å²) in [5.41, 5.74) is 0.814. The van der Waals surface area contributed by atoms with Crippen LogP contribution in [0, 0.1) is 0 Å². The Hall–Kier alpha value is -1.29. The van der Waals surface area contributed by atoms with Gasteiger partial charge in [0.05, 0.1) is 0 Å². The monoisotopic (exact) mass is 336 g/mol. The predicted molar refractivity (Wildman–Crippen MR) is 86.9 cm³/mol. The number of anilines is 1. The second kappa shape index (κ2) is 7.48. The zero-order valence-electron chi connectivity index (χ0n) is 11.6. The van der Waals surface area contributed by atoms with Gasteiger partial charge in [-0.1, -0.05) is 47.3 Å². The van der Waals surface area contributed by atoms with Crippen LogP contribution < -0.4 is 5.32 Å². The van der Waals surface area contributed by atoms with Crippen molar-refractivity contribution < 1.29 is 4.79 Å². The van der Waals surface area contributed by atoms with E-state index < -0.39 is 0 Å². The average Bonchev–Trinajstić information content (AvgIpc) is 2.45. The van der Waals surface area contributed by atoms with Crippen LogP contribution in [0.5, 0.6) is 0 Å². The maximum Gasteiger partial charge on any atom is 0.322 e. The van der Waals surface area contributed by atoms with Crippen LogP contribution in [0.15, 0.2) is 41.4 Å². The highest BCUT2D eigenvalue weighted by Gasteiger charge is 2.24. The van der Waals surface area contributed by atoms with E-state index in [4.69, 9.17) is 0 Å². The molecule has 0 aromatic heterocycles. The van der Waals surface area contributed by atoms with E-state index in [2.05, 4.69) is 27.8 Å². The van der Waals surface area contributed by atoms with Crippen molar-refractivity contribution in [3.63, 3.8) is 0 Å². The molecule has 2 rings (SSSR count). The van der Waals surface area contributed by atoms with Crippen LogP contribution in [-0.2, 0) is 0 Å². The van der Waals surface area contributed by atoms with Gasteiger partial charge in [-0.2, -0.15) is 0 Å². The third-order valence-electron chi connectivity index (χ3n) is 3.68. The average molecular weight is 337 g/mol. The quantitative estimate of drug-likeness (QED) is 0.786. The summed E-state index contributed by atoms with van der Waals surface area (Å²) in [4.78, 5) is 14.4. The Morgan fingerprint density at radius 2 is 2.15 bits per heavy atom. The normalized spacial score (nSPS) is 15.7. The highest BCUT2D eigenvalue weighted by atomic mass is 79.9. The molecule has 1 aromatic carbocycles. The first kappa shape index (κ1) is 15.1. The molecule has 2 amide bonds. The molecule has 1 fully saturated rings.